The van der Waals surface area contributed by atoms with E-state index < -0.39 is 0 Å². The SMILES string of the molecule is O=C(Nc1ccc(NC(=O)C2[C@@H]3CCCC[C@@H]23)cc1)C1[C@@H]2CCCC[C@@H]12. The summed E-state index contributed by atoms with van der Waals surface area (Å²) < 4.78 is 0. The Hall–Kier alpha value is -1.84. The molecular weight excluding hydrogens is 324 g/mol. The highest BCUT2D eigenvalue weighted by Crippen LogP contribution is 2.56. The van der Waals surface area contributed by atoms with Gasteiger partial charge in [-0.3, -0.25) is 9.59 Å². The van der Waals surface area contributed by atoms with E-state index in [0.717, 1.165) is 11.4 Å². The van der Waals surface area contributed by atoms with Gasteiger partial charge in [0, 0.05) is 23.2 Å². The molecule has 4 aliphatic rings. The fourth-order valence-corrected chi connectivity index (χ4v) is 5.85. The molecular formula is C22H28N2O2. The Morgan fingerprint density at radius 2 is 0.923 bits per heavy atom. The Morgan fingerprint density at radius 3 is 1.23 bits per heavy atom. The van der Waals surface area contributed by atoms with Crippen LogP contribution in [0.25, 0.3) is 0 Å². The summed E-state index contributed by atoms with van der Waals surface area (Å²) in [4.78, 5) is 24.9. The lowest BCUT2D eigenvalue weighted by atomic mass is 10.0. The van der Waals surface area contributed by atoms with E-state index in [-0.39, 0.29) is 23.7 Å². The summed E-state index contributed by atoms with van der Waals surface area (Å²) in [6, 6.07) is 7.61. The maximum Gasteiger partial charge on any atom is 0.228 e. The van der Waals surface area contributed by atoms with Gasteiger partial charge in [-0.15, -0.1) is 0 Å². The lowest BCUT2D eigenvalue weighted by Gasteiger charge is -2.08. The van der Waals surface area contributed by atoms with Gasteiger partial charge in [-0.1, -0.05) is 25.7 Å². The maximum absolute atomic E-state index is 12.5. The highest BCUT2D eigenvalue weighted by atomic mass is 16.2. The number of nitrogens with one attached hydrogen (secondary N) is 2. The molecule has 0 heterocycles. The van der Waals surface area contributed by atoms with Crippen molar-refractivity contribution in [3.63, 3.8) is 0 Å². The van der Waals surface area contributed by atoms with Crippen LogP contribution in [0.4, 0.5) is 11.4 Å². The highest BCUT2D eigenvalue weighted by Gasteiger charge is 2.55. The lowest BCUT2D eigenvalue weighted by Crippen LogP contribution is -2.16. The summed E-state index contributed by atoms with van der Waals surface area (Å²) in [7, 11) is 0. The smallest absolute Gasteiger partial charge is 0.228 e. The summed E-state index contributed by atoms with van der Waals surface area (Å²) in [5.41, 5.74) is 1.66. The van der Waals surface area contributed by atoms with Gasteiger partial charge in [0.25, 0.3) is 0 Å². The Morgan fingerprint density at radius 1 is 0.615 bits per heavy atom. The normalized spacial score (nSPS) is 37.1. The van der Waals surface area contributed by atoms with Crippen LogP contribution in [0, 0.1) is 35.5 Å². The van der Waals surface area contributed by atoms with E-state index in [1.807, 2.05) is 24.3 Å². The van der Waals surface area contributed by atoms with E-state index in [1.54, 1.807) is 0 Å². The van der Waals surface area contributed by atoms with Crippen LogP contribution in [0.5, 0.6) is 0 Å². The molecule has 4 atom stereocenters. The first kappa shape index (κ1) is 16.3. The summed E-state index contributed by atoms with van der Waals surface area (Å²) >= 11 is 0. The van der Waals surface area contributed by atoms with Crippen LogP contribution >= 0.6 is 0 Å². The van der Waals surface area contributed by atoms with E-state index >= 15 is 0 Å². The molecule has 26 heavy (non-hydrogen) atoms. The number of rotatable bonds is 4. The van der Waals surface area contributed by atoms with Gasteiger partial charge in [-0.05, 0) is 73.6 Å². The van der Waals surface area contributed by atoms with E-state index in [2.05, 4.69) is 10.6 Å². The quantitative estimate of drug-likeness (QED) is 0.842. The molecule has 4 fully saturated rings. The number of carbonyl (C=O) groups excluding carboxylic acids is 2. The van der Waals surface area contributed by atoms with Crippen LogP contribution in [0.1, 0.15) is 51.4 Å². The first-order valence-electron chi connectivity index (χ1n) is 10.4. The van der Waals surface area contributed by atoms with Gasteiger partial charge >= 0.3 is 0 Å². The minimum atomic E-state index is 0.181. The van der Waals surface area contributed by atoms with Crippen molar-refractivity contribution in [2.24, 2.45) is 35.5 Å². The fraction of sp³-hybridized carbons (Fsp3) is 0.636. The second kappa shape index (κ2) is 6.40. The molecule has 2 N–H and O–H groups in total. The van der Waals surface area contributed by atoms with Gasteiger partial charge in [-0.25, -0.2) is 0 Å². The van der Waals surface area contributed by atoms with Crippen molar-refractivity contribution in [2.45, 2.75) is 51.4 Å². The Labute approximate surface area is 155 Å². The molecule has 138 valence electrons. The van der Waals surface area contributed by atoms with Crippen LogP contribution in [0.15, 0.2) is 24.3 Å². The van der Waals surface area contributed by atoms with Gasteiger partial charge in [0.2, 0.25) is 11.8 Å². The first-order valence-corrected chi connectivity index (χ1v) is 10.4. The average molecular weight is 352 g/mol. The topological polar surface area (TPSA) is 58.2 Å². The molecule has 2 amide bonds. The molecule has 0 spiro atoms. The zero-order chi connectivity index (χ0) is 17.7. The van der Waals surface area contributed by atoms with Crippen molar-refractivity contribution >= 4 is 23.2 Å². The van der Waals surface area contributed by atoms with Crippen molar-refractivity contribution in [1.29, 1.82) is 0 Å². The van der Waals surface area contributed by atoms with E-state index in [0.29, 0.717) is 23.7 Å². The maximum atomic E-state index is 12.5. The molecule has 0 saturated heterocycles. The zero-order valence-corrected chi connectivity index (χ0v) is 15.2. The molecule has 1 aromatic carbocycles. The van der Waals surface area contributed by atoms with Crippen LogP contribution in [0.3, 0.4) is 0 Å². The molecule has 0 bridgehead atoms. The number of hydrogen-bond acceptors (Lipinski definition) is 2. The largest absolute Gasteiger partial charge is 0.326 e. The summed E-state index contributed by atoms with van der Waals surface area (Å²) in [6.45, 7) is 0. The van der Waals surface area contributed by atoms with E-state index in [1.165, 1.54) is 51.4 Å². The molecule has 0 radical (unpaired) electrons. The number of carbonyl (C=O) groups is 2. The van der Waals surface area contributed by atoms with Crippen LogP contribution in [-0.4, -0.2) is 11.8 Å². The number of benzene rings is 1. The van der Waals surface area contributed by atoms with Crippen LogP contribution in [0.2, 0.25) is 0 Å². The van der Waals surface area contributed by atoms with Crippen molar-refractivity contribution in [3.8, 4) is 0 Å². The molecule has 1 aromatic rings. The molecule has 4 saturated carbocycles. The van der Waals surface area contributed by atoms with Crippen molar-refractivity contribution in [3.05, 3.63) is 24.3 Å². The average Bonchev–Trinajstić information content (AvgIpc) is 3.55. The van der Waals surface area contributed by atoms with Crippen LogP contribution in [-0.2, 0) is 9.59 Å². The van der Waals surface area contributed by atoms with Crippen molar-refractivity contribution in [1.82, 2.24) is 0 Å². The van der Waals surface area contributed by atoms with Gasteiger partial charge in [0.05, 0.1) is 0 Å². The van der Waals surface area contributed by atoms with E-state index in [4.69, 9.17) is 0 Å². The molecule has 5 rings (SSSR count). The fourth-order valence-electron chi connectivity index (χ4n) is 5.85. The predicted molar refractivity (Wildman–Crippen MR) is 102 cm³/mol. The lowest BCUT2D eigenvalue weighted by molar-refractivity contribution is -0.118. The van der Waals surface area contributed by atoms with Crippen molar-refractivity contribution in [2.75, 3.05) is 10.6 Å². The van der Waals surface area contributed by atoms with Gasteiger partial charge < -0.3 is 10.6 Å². The molecule has 4 nitrogen and oxygen atoms in total. The third-order valence-electron chi connectivity index (χ3n) is 7.34. The Bertz CT molecular complexity index is 628. The Kier molecular flexibility index (Phi) is 4.02. The standard InChI is InChI=1S/C22H28N2O2/c25-21(19-15-5-1-2-6-16(15)19)23-13-9-11-14(12-10-13)24-22(26)20-17-7-3-4-8-18(17)20/h9-12,15-20H,1-8H2,(H,23,25)(H,24,26)/t15-,16-,17-,18-/m1/s1. The monoisotopic (exact) mass is 352 g/mol. The second-order valence-corrected chi connectivity index (χ2v) is 8.83. The predicted octanol–water partition coefficient (Wildman–Crippen LogP) is 4.44. The summed E-state index contributed by atoms with van der Waals surface area (Å²) in [6.07, 6.45) is 10.00. The third kappa shape index (κ3) is 2.93. The highest BCUT2D eigenvalue weighted by molar-refractivity contribution is 5.96. The van der Waals surface area contributed by atoms with Crippen molar-refractivity contribution < 1.29 is 9.59 Å². The molecule has 4 aliphatic carbocycles. The van der Waals surface area contributed by atoms with Gasteiger partial charge in [0.15, 0.2) is 0 Å². The van der Waals surface area contributed by atoms with Crippen LogP contribution < -0.4 is 10.6 Å². The number of amides is 2. The molecule has 0 unspecified atom stereocenters. The molecule has 0 aliphatic heterocycles. The first-order chi connectivity index (χ1) is 12.7. The van der Waals surface area contributed by atoms with E-state index in [9.17, 15) is 9.59 Å². The van der Waals surface area contributed by atoms with Gasteiger partial charge in [0.1, 0.15) is 0 Å². The van der Waals surface area contributed by atoms with Gasteiger partial charge in [-0.2, -0.15) is 0 Å². The molecule has 4 heteroatoms. The third-order valence-corrected chi connectivity index (χ3v) is 7.34. The number of hydrogen-bond donors (Lipinski definition) is 2. The second-order valence-electron chi connectivity index (χ2n) is 8.83. The minimum Gasteiger partial charge on any atom is -0.326 e. The zero-order valence-electron chi connectivity index (χ0n) is 15.2. The minimum absolute atomic E-state index is 0.181. The number of fused-ring (bicyclic) bond motifs is 2. The Balaban J connectivity index is 1.15. The number of anilines is 2. The summed E-state index contributed by atoms with van der Waals surface area (Å²) in [5.74, 6) is 3.34. The molecule has 0 aromatic heterocycles. The summed E-state index contributed by atoms with van der Waals surface area (Å²) in [5, 5.41) is 6.13.